The van der Waals surface area contributed by atoms with Gasteiger partial charge in [-0.25, -0.2) is 4.98 Å². The summed E-state index contributed by atoms with van der Waals surface area (Å²) in [5.74, 6) is 0.463. The minimum Gasteiger partial charge on any atom is -0.397 e. The summed E-state index contributed by atoms with van der Waals surface area (Å²) < 4.78 is 2.17. The summed E-state index contributed by atoms with van der Waals surface area (Å²) in [4.78, 5) is 4.53. The van der Waals surface area contributed by atoms with Crippen molar-refractivity contribution in [3.05, 3.63) is 21.6 Å². The van der Waals surface area contributed by atoms with Gasteiger partial charge in [0, 0.05) is 10.4 Å². The highest BCUT2D eigenvalue weighted by Gasteiger charge is 2.09. The first-order chi connectivity index (χ1) is 6.58. The minimum atomic E-state index is 0.463. The SMILES string of the molecule is CC(C)c1nc2c(N)cc(Br)cc2s1. The highest BCUT2D eigenvalue weighted by atomic mass is 79.9. The second-order valence-corrected chi connectivity index (χ2v) is 5.53. The molecular weight excluding hydrogens is 260 g/mol. The number of fused-ring (bicyclic) bond motifs is 1. The third-order valence-electron chi connectivity index (χ3n) is 2.00. The van der Waals surface area contributed by atoms with E-state index < -0.39 is 0 Å². The van der Waals surface area contributed by atoms with Crippen molar-refractivity contribution >= 4 is 43.2 Å². The Morgan fingerprint density at radius 2 is 2.14 bits per heavy atom. The van der Waals surface area contributed by atoms with Crippen LogP contribution in [0.1, 0.15) is 24.8 Å². The van der Waals surface area contributed by atoms with Gasteiger partial charge in [-0.3, -0.25) is 0 Å². The molecule has 74 valence electrons. The number of nitrogen functional groups attached to an aromatic ring is 1. The van der Waals surface area contributed by atoms with E-state index in [0.717, 1.165) is 25.4 Å². The molecule has 0 aliphatic heterocycles. The van der Waals surface area contributed by atoms with Crippen LogP contribution in [-0.2, 0) is 0 Å². The number of nitrogens with two attached hydrogens (primary N) is 1. The highest BCUT2D eigenvalue weighted by Crippen LogP contribution is 2.32. The number of thiazole rings is 1. The summed E-state index contributed by atoms with van der Waals surface area (Å²) in [6.07, 6.45) is 0. The number of hydrogen-bond donors (Lipinski definition) is 1. The Hall–Kier alpha value is -0.610. The molecule has 0 bridgehead atoms. The molecule has 0 aliphatic rings. The molecular formula is C10H11BrN2S. The highest BCUT2D eigenvalue weighted by molar-refractivity contribution is 9.10. The van der Waals surface area contributed by atoms with E-state index in [2.05, 4.69) is 40.8 Å². The lowest BCUT2D eigenvalue weighted by atomic mass is 10.2. The largest absolute Gasteiger partial charge is 0.397 e. The normalized spacial score (nSPS) is 11.4. The summed E-state index contributed by atoms with van der Waals surface area (Å²) in [6, 6.07) is 3.96. The van der Waals surface area contributed by atoms with Crippen LogP contribution in [-0.4, -0.2) is 4.98 Å². The minimum absolute atomic E-state index is 0.463. The van der Waals surface area contributed by atoms with Crippen molar-refractivity contribution in [2.24, 2.45) is 0 Å². The molecule has 1 aromatic carbocycles. The number of nitrogens with zero attached hydrogens (tertiary/aromatic N) is 1. The van der Waals surface area contributed by atoms with E-state index in [1.54, 1.807) is 11.3 Å². The molecule has 2 aromatic rings. The monoisotopic (exact) mass is 270 g/mol. The summed E-state index contributed by atoms with van der Waals surface area (Å²) in [7, 11) is 0. The molecule has 0 fully saturated rings. The number of hydrogen-bond acceptors (Lipinski definition) is 3. The van der Waals surface area contributed by atoms with Crippen molar-refractivity contribution in [1.82, 2.24) is 4.98 Å². The van der Waals surface area contributed by atoms with Gasteiger partial charge in [-0.1, -0.05) is 29.8 Å². The van der Waals surface area contributed by atoms with Gasteiger partial charge in [-0.2, -0.15) is 0 Å². The van der Waals surface area contributed by atoms with Gasteiger partial charge in [-0.15, -0.1) is 11.3 Å². The fourth-order valence-corrected chi connectivity index (χ4v) is 2.96. The van der Waals surface area contributed by atoms with E-state index in [9.17, 15) is 0 Å². The molecule has 0 spiro atoms. The van der Waals surface area contributed by atoms with Gasteiger partial charge in [0.2, 0.25) is 0 Å². The molecule has 1 aromatic heterocycles. The van der Waals surface area contributed by atoms with Crippen LogP contribution in [0.15, 0.2) is 16.6 Å². The quantitative estimate of drug-likeness (QED) is 0.802. The predicted octanol–water partition coefficient (Wildman–Crippen LogP) is 3.76. The van der Waals surface area contributed by atoms with Crippen LogP contribution in [0.2, 0.25) is 0 Å². The van der Waals surface area contributed by atoms with Gasteiger partial charge >= 0.3 is 0 Å². The molecule has 14 heavy (non-hydrogen) atoms. The molecule has 4 heteroatoms. The fraction of sp³-hybridized carbons (Fsp3) is 0.300. The van der Waals surface area contributed by atoms with Crippen LogP contribution in [0.4, 0.5) is 5.69 Å². The number of anilines is 1. The van der Waals surface area contributed by atoms with Gasteiger partial charge < -0.3 is 5.73 Å². The first kappa shape index (κ1) is 9.93. The Bertz CT molecular complexity index is 476. The lowest BCUT2D eigenvalue weighted by Gasteiger charge is -1.95. The number of aromatic nitrogens is 1. The third-order valence-corrected chi connectivity index (χ3v) is 3.76. The molecule has 0 saturated carbocycles. The molecule has 1 heterocycles. The maximum absolute atomic E-state index is 5.88. The Labute approximate surface area is 95.3 Å². The Morgan fingerprint density at radius 3 is 2.79 bits per heavy atom. The van der Waals surface area contributed by atoms with Crippen LogP contribution in [0.3, 0.4) is 0 Å². The zero-order valence-electron chi connectivity index (χ0n) is 8.04. The van der Waals surface area contributed by atoms with Crippen molar-refractivity contribution < 1.29 is 0 Å². The van der Waals surface area contributed by atoms with E-state index in [1.807, 2.05) is 6.07 Å². The molecule has 2 rings (SSSR count). The number of rotatable bonds is 1. The molecule has 2 nitrogen and oxygen atoms in total. The zero-order valence-corrected chi connectivity index (χ0v) is 10.4. The zero-order chi connectivity index (χ0) is 10.3. The molecule has 0 atom stereocenters. The van der Waals surface area contributed by atoms with E-state index in [0.29, 0.717) is 5.92 Å². The van der Waals surface area contributed by atoms with Crippen LogP contribution >= 0.6 is 27.3 Å². The smallest absolute Gasteiger partial charge is 0.104 e. The maximum atomic E-state index is 5.88. The van der Waals surface area contributed by atoms with Gasteiger partial charge in [0.15, 0.2) is 0 Å². The van der Waals surface area contributed by atoms with Crippen molar-refractivity contribution in [1.29, 1.82) is 0 Å². The number of halogens is 1. The van der Waals surface area contributed by atoms with Crippen LogP contribution in [0.25, 0.3) is 10.2 Å². The fourth-order valence-electron chi connectivity index (χ4n) is 1.28. The molecule has 2 N–H and O–H groups in total. The van der Waals surface area contributed by atoms with Crippen molar-refractivity contribution in [2.75, 3.05) is 5.73 Å². The van der Waals surface area contributed by atoms with E-state index in [1.165, 1.54) is 0 Å². The maximum Gasteiger partial charge on any atom is 0.104 e. The lowest BCUT2D eigenvalue weighted by molar-refractivity contribution is 0.857. The van der Waals surface area contributed by atoms with Gasteiger partial charge in [0.1, 0.15) is 5.52 Å². The lowest BCUT2D eigenvalue weighted by Crippen LogP contribution is -1.88. The summed E-state index contributed by atoms with van der Waals surface area (Å²) in [5, 5.41) is 1.14. The Balaban J connectivity index is 2.70. The predicted molar refractivity (Wildman–Crippen MR) is 65.8 cm³/mol. The second-order valence-electron chi connectivity index (χ2n) is 3.55. The average molecular weight is 271 g/mol. The van der Waals surface area contributed by atoms with E-state index >= 15 is 0 Å². The Morgan fingerprint density at radius 1 is 1.43 bits per heavy atom. The topological polar surface area (TPSA) is 38.9 Å². The van der Waals surface area contributed by atoms with Crippen LogP contribution in [0.5, 0.6) is 0 Å². The van der Waals surface area contributed by atoms with Gasteiger partial charge in [-0.05, 0) is 12.1 Å². The third kappa shape index (κ3) is 1.64. The first-order valence-corrected chi connectivity index (χ1v) is 6.04. The molecule has 0 unspecified atom stereocenters. The van der Waals surface area contributed by atoms with E-state index in [-0.39, 0.29) is 0 Å². The van der Waals surface area contributed by atoms with Crippen LogP contribution < -0.4 is 5.73 Å². The molecule has 0 radical (unpaired) electrons. The summed E-state index contributed by atoms with van der Waals surface area (Å²) in [6.45, 7) is 4.28. The second kappa shape index (κ2) is 3.51. The average Bonchev–Trinajstić information content (AvgIpc) is 2.47. The van der Waals surface area contributed by atoms with Crippen molar-refractivity contribution in [2.45, 2.75) is 19.8 Å². The Kier molecular flexibility index (Phi) is 2.49. The number of benzene rings is 1. The first-order valence-electron chi connectivity index (χ1n) is 4.43. The van der Waals surface area contributed by atoms with Gasteiger partial charge in [0.05, 0.1) is 15.4 Å². The van der Waals surface area contributed by atoms with E-state index in [4.69, 9.17) is 5.73 Å². The van der Waals surface area contributed by atoms with Crippen LogP contribution in [0, 0.1) is 0 Å². The van der Waals surface area contributed by atoms with Crippen molar-refractivity contribution in [3.63, 3.8) is 0 Å². The molecule has 0 aliphatic carbocycles. The summed E-state index contributed by atoms with van der Waals surface area (Å²) in [5.41, 5.74) is 7.56. The standard InChI is InChI=1S/C10H11BrN2S/c1-5(2)10-13-9-7(12)3-6(11)4-8(9)14-10/h3-5H,12H2,1-2H3. The van der Waals surface area contributed by atoms with Gasteiger partial charge in [0.25, 0.3) is 0 Å². The summed E-state index contributed by atoms with van der Waals surface area (Å²) >= 11 is 5.14. The molecule has 0 saturated heterocycles. The molecule has 0 amide bonds. The van der Waals surface area contributed by atoms with Crippen molar-refractivity contribution in [3.8, 4) is 0 Å².